The van der Waals surface area contributed by atoms with Gasteiger partial charge in [-0.2, -0.15) is 0 Å². The van der Waals surface area contributed by atoms with Crippen LogP contribution in [0.1, 0.15) is 21.1 Å². The van der Waals surface area contributed by atoms with Crippen LogP contribution < -0.4 is 10.2 Å². The van der Waals surface area contributed by atoms with E-state index in [1.165, 1.54) is 0 Å². The van der Waals surface area contributed by atoms with Crippen molar-refractivity contribution in [2.45, 2.75) is 0 Å². The van der Waals surface area contributed by atoms with Gasteiger partial charge in [-0.3, -0.25) is 14.0 Å². The summed E-state index contributed by atoms with van der Waals surface area (Å²) >= 11 is 0. The smallest absolute Gasteiger partial charge is 0.290 e. The Kier molecular flexibility index (Phi) is 5.19. The number of amides is 2. The highest BCUT2D eigenvalue weighted by Gasteiger charge is 2.28. The molecule has 29 heavy (non-hydrogen) atoms. The summed E-state index contributed by atoms with van der Waals surface area (Å²) in [4.78, 5) is 42.3. The van der Waals surface area contributed by atoms with Crippen molar-refractivity contribution < 1.29 is 9.59 Å². The van der Waals surface area contributed by atoms with Gasteiger partial charge in [0, 0.05) is 51.3 Å². The van der Waals surface area contributed by atoms with E-state index in [4.69, 9.17) is 0 Å². The lowest BCUT2D eigenvalue weighted by Crippen LogP contribution is -2.49. The molecule has 9 heteroatoms. The van der Waals surface area contributed by atoms with Gasteiger partial charge in [0.25, 0.3) is 11.8 Å². The fourth-order valence-corrected chi connectivity index (χ4v) is 3.31. The summed E-state index contributed by atoms with van der Waals surface area (Å²) in [7, 11) is 0. The van der Waals surface area contributed by atoms with E-state index >= 15 is 0 Å². The van der Waals surface area contributed by atoms with Crippen LogP contribution in [0.25, 0.3) is 5.52 Å². The van der Waals surface area contributed by atoms with E-state index in [1.54, 1.807) is 46.1 Å². The lowest BCUT2D eigenvalue weighted by Gasteiger charge is -2.34. The van der Waals surface area contributed by atoms with Crippen LogP contribution in [0.2, 0.25) is 0 Å². The van der Waals surface area contributed by atoms with E-state index in [0.717, 1.165) is 0 Å². The molecule has 148 valence electrons. The van der Waals surface area contributed by atoms with Gasteiger partial charge in [-0.15, -0.1) is 6.58 Å². The maximum absolute atomic E-state index is 13.2. The predicted molar refractivity (Wildman–Crippen MR) is 108 cm³/mol. The number of anilines is 1. The van der Waals surface area contributed by atoms with Crippen LogP contribution in [0.15, 0.2) is 55.5 Å². The van der Waals surface area contributed by atoms with Gasteiger partial charge in [0.2, 0.25) is 11.8 Å². The summed E-state index contributed by atoms with van der Waals surface area (Å²) in [5.74, 6) is 0.349. The molecule has 3 aromatic heterocycles. The molecule has 0 aromatic carbocycles. The van der Waals surface area contributed by atoms with E-state index in [0.29, 0.717) is 44.2 Å². The molecular weight excluding hydrogens is 370 g/mol. The molecular formula is C20H21N7O2. The number of hydrogen-bond donors (Lipinski definition) is 1. The number of hydrogen-bond acceptors (Lipinski definition) is 6. The summed E-state index contributed by atoms with van der Waals surface area (Å²) in [6.07, 6.45) is 6.75. The second-order valence-electron chi connectivity index (χ2n) is 6.57. The second kappa shape index (κ2) is 8.09. The van der Waals surface area contributed by atoms with Gasteiger partial charge >= 0.3 is 0 Å². The number of nitrogens with zero attached hydrogens (tertiary/aromatic N) is 6. The third-order valence-electron chi connectivity index (χ3n) is 4.76. The maximum Gasteiger partial charge on any atom is 0.290 e. The number of fused-ring (bicyclic) bond motifs is 1. The summed E-state index contributed by atoms with van der Waals surface area (Å²) in [6.45, 7) is 6.24. The molecule has 0 saturated carbocycles. The SMILES string of the molecule is C=CCNC(=O)c1nc(C(=O)N2CCN(c3ncccn3)CC2)n2ccccc12. The summed E-state index contributed by atoms with van der Waals surface area (Å²) in [5, 5.41) is 2.72. The molecule has 0 atom stereocenters. The van der Waals surface area contributed by atoms with Gasteiger partial charge in [-0.05, 0) is 18.2 Å². The minimum Gasteiger partial charge on any atom is -0.347 e. The van der Waals surface area contributed by atoms with Crippen molar-refractivity contribution >= 4 is 23.3 Å². The van der Waals surface area contributed by atoms with Gasteiger partial charge in [0.1, 0.15) is 0 Å². The van der Waals surface area contributed by atoms with Crippen LogP contribution in [0, 0.1) is 0 Å². The number of pyridine rings is 1. The van der Waals surface area contributed by atoms with Gasteiger partial charge in [-0.25, -0.2) is 15.0 Å². The van der Waals surface area contributed by atoms with Crippen LogP contribution >= 0.6 is 0 Å². The molecule has 0 radical (unpaired) electrons. The zero-order chi connectivity index (χ0) is 20.2. The number of piperazine rings is 1. The molecule has 3 aromatic rings. The molecule has 0 unspecified atom stereocenters. The fourth-order valence-electron chi connectivity index (χ4n) is 3.31. The number of aromatic nitrogens is 4. The first-order chi connectivity index (χ1) is 14.2. The molecule has 1 aliphatic heterocycles. The number of nitrogens with one attached hydrogen (secondary N) is 1. The normalized spacial score (nSPS) is 14.1. The summed E-state index contributed by atoms with van der Waals surface area (Å²) in [6, 6.07) is 7.17. The van der Waals surface area contributed by atoms with Crippen molar-refractivity contribution in [1.82, 2.24) is 29.6 Å². The molecule has 0 aliphatic carbocycles. The summed E-state index contributed by atoms with van der Waals surface area (Å²) < 4.78 is 1.66. The Labute approximate surface area is 167 Å². The first-order valence-electron chi connectivity index (χ1n) is 9.36. The molecule has 1 fully saturated rings. The van der Waals surface area contributed by atoms with E-state index in [9.17, 15) is 9.59 Å². The minimum absolute atomic E-state index is 0.206. The molecule has 4 rings (SSSR count). The highest BCUT2D eigenvalue weighted by molar-refractivity contribution is 6.02. The molecule has 2 amide bonds. The number of carbonyl (C=O) groups is 2. The van der Waals surface area contributed by atoms with Crippen LogP contribution in [-0.2, 0) is 0 Å². The number of carbonyl (C=O) groups excluding carboxylic acids is 2. The Morgan fingerprint density at radius 3 is 2.59 bits per heavy atom. The average Bonchev–Trinajstić information content (AvgIpc) is 3.17. The van der Waals surface area contributed by atoms with Gasteiger partial charge < -0.3 is 15.1 Å². The number of rotatable bonds is 5. The Morgan fingerprint density at radius 2 is 1.86 bits per heavy atom. The Hall–Kier alpha value is -3.75. The predicted octanol–water partition coefficient (Wildman–Crippen LogP) is 1.00. The first-order valence-corrected chi connectivity index (χ1v) is 9.36. The molecule has 0 bridgehead atoms. The first kappa shape index (κ1) is 18.6. The minimum atomic E-state index is -0.335. The Balaban J connectivity index is 1.55. The zero-order valence-electron chi connectivity index (χ0n) is 15.9. The zero-order valence-corrected chi connectivity index (χ0v) is 15.9. The van der Waals surface area contributed by atoms with Crippen LogP contribution in [-0.4, -0.2) is 68.8 Å². The Bertz CT molecular complexity index is 1040. The van der Waals surface area contributed by atoms with Crippen molar-refractivity contribution in [2.75, 3.05) is 37.6 Å². The number of imidazole rings is 1. The van der Waals surface area contributed by atoms with E-state index in [1.807, 2.05) is 17.0 Å². The monoisotopic (exact) mass is 391 g/mol. The average molecular weight is 391 g/mol. The van der Waals surface area contributed by atoms with Crippen molar-refractivity contribution in [1.29, 1.82) is 0 Å². The van der Waals surface area contributed by atoms with Gasteiger partial charge in [0.05, 0.1) is 5.52 Å². The van der Waals surface area contributed by atoms with E-state index in [2.05, 4.69) is 26.8 Å². The van der Waals surface area contributed by atoms with Crippen LogP contribution in [0.4, 0.5) is 5.95 Å². The highest BCUT2D eigenvalue weighted by Crippen LogP contribution is 2.17. The molecule has 1 saturated heterocycles. The van der Waals surface area contributed by atoms with Crippen molar-refractivity contribution in [3.63, 3.8) is 0 Å². The third-order valence-corrected chi connectivity index (χ3v) is 4.76. The van der Waals surface area contributed by atoms with Crippen molar-refractivity contribution in [2.24, 2.45) is 0 Å². The van der Waals surface area contributed by atoms with Crippen molar-refractivity contribution in [3.05, 3.63) is 67.0 Å². The maximum atomic E-state index is 13.2. The standard InChI is InChI=1S/C20H21N7O2/c1-2-7-21-18(28)16-15-6-3-4-10-27(15)17(24-16)19(29)25-11-13-26(14-12-25)20-22-8-5-9-23-20/h2-6,8-10H,1,7,11-14H2,(H,21,28). The topological polar surface area (TPSA) is 95.7 Å². The molecule has 9 nitrogen and oxygen atoms in total. The van der Waals surface area contributed by atoms with Gasteiger partial charge in [-0.1, -0.05) is 12.1 Å². The van der Waals surface area contributed by atoms with Gasteiger partial charge in [0.15, 0.2) is 5.69 Å². The largest absolute Gasteiger partial charge is 0.347 e. The highest BCUT2D eigenvalue weighted by atomic mass is 16.2. The molecule has 1 aliphatic rings. The van der Waals surface area contributed by atoms with Crippen LogP contribution in [0.3, 0.4) is 0 Å². The Morgan fingerprint density at radius 1 is 1.10 bits per heavy atom. The second-order valence-corrected chi connectivity index (χ2v) is 6.57. The third kappa shape index (κ3) is 3.66. The quantitative estimate of drug-likeness (QED) is 0.652. The molecule has 1 N–H and O–H groups in total. The molecule has 0 spiro atoms. The molecule has 4 heterocycles. The summed E-state index contributed by atoms with van der Waals surface area (Å²) in [5.41, 5.74) is 0.820. The lowest BCUT2D eigenvalue weighted by molar-refractivity contribution is 0.0733. The van der Waals surface area contributed by atoms with E-state index < -0.39 is 0 Å². The lowest BCUT2D eigenvalue weighted by atomic mass is 10.3. The fraction of sp³-hybridized carbons (Fsp3) is 0.250. The van der Waals surface area contributed by atoms with Crippen LogP contribution in [0.5, 0.6) is 0 Å². The van der Waals surface area contributed by atoms with Crippen molar-refractivity contribution in [3.8, 4) is 0 Å². The van der Waals surface area contributed by atoms with E-state index in [-0.39, 0.29) is 23.3 Å².